The van der Waals surface area contributed by atoms with Crippen LogP contribution in [0.4, 0.5) is 13.2 Å². The lowest BCUT2D eigenvalue weighted by molar-refractivity contribution is -0.140. The number of ether oxygens (including phenoxy) is 2. The van der Waals surface area contributed by atoms with Gasteiger partial charge in [0.1, 0.15) is 0 Å². The van der Waals surface area contributed by atoms with Crippen LogP contribution in [0.15, 0.2) is 10.4 Å². The Bertz CT molecular complexity index is 560. The van der Waals surface area contributed by atoms with E-state index in [1.54, 1.807) is 7.05 Å². The third-order valence-corrected chi connectivity index (χ3v) is 4.74. The van der Waals surface area contributed by atoms with Crippen LogP contribution in [0.25, 0.3) is 0 Å². The Kier molecular flexibility index (Phi) is 8.60. The first kappa shape index (κ1) is 20.9. The van der Waals surface area contributed by atoms with Gasteiger partial charge in [-0.2, -0.15) is 13.2 Å². The highest BCUT2D eigenvalue weighted by Crippen LogP contribution is 2.29. The van der Waals surface area contributed by atoms with Crippen molar-refractivity contribution in [3.63, 3.8) is 0 Å². The molecule has 1 fully saturated rings. The standard InChI is InChI=1S/C16H25F3N4O2S/c1-20-15(21-5-2-7-24-9-12-4-8-25-10-12)22-6-3-14-23-13(11-26-14)16(17,18)19/h11-12H,2-10H2,1H3,(H2,20,21,22). The van der Waals surface area contributed by atoms with E-state index < -0.39 is 11.9 Å². The van der Waals surface area contributed by atoms with Crippen LogP contribution in [0.3, 0.4) is 0 Å². The van der Waals surface area contributed by atoms with Crippen molar-refractivity contribution in [2.24, 2.45) is 10.9 Å². The fourth-order valence-electron chi connectivity index (χ4n) is 2.41. The van der Waals surface area contributed by atoms with Crippen LogP contribution in [-0.2, 0) is 22.1 Å². The summed E-state index contributed by atoms with van der Waals surface area (Å²) in [5, 5.41) is 7.71. The molecule has 0 saturated carbocycles. The molecule has 10 heteroatoms. The summed E-state index contributed by atoms with van der Waals surface area (Å²) < 4.78 is 48.4. The molecule has 26 heavy (non-hydrogen) atoms. The lowest BCUT2D eigenvalue weighted by atomic mass is 10.1. The molecule has 2 N–H and O–H groups in total. The van der Waals surface area contributed by atoms with Gasteiger partial charge in [-0.1, -0.05) is 0 Å². The van der Waals surface area contributed by atoms with E-state index in [2.05, 4.69) is 20.6 Å². The van der Waals surface area contributed by atoms with Gasteiger partial charge in [0.2, 0.25) is 0 Å². The van der Waals surface area contributed by atoms with E-state index in [1.165, 1.54) is 0 Å². The second-order valence-electron chi connectivity index (χ2n) is 5.96. The third kappa shape index (κ3) is 7.46. The third-order valence-electron chi connectivity index (χ3n) is 3.83. The van der Waals surface area contributed by atoms with Gasteiger partial charge in [0.25, 0.3) is 0 Å². The molecule has 0 aromatic carbocycles. The fraction of sp³-hybridized carbons (Fsp3) is 0.750. The van der Waals surface area contributed by atoms with E-state index in [1.807, 2.05) is 0 Å². The molecule has 0 aliphatic carbocycles. The van der Waals surface area contributed by atoms with E-state index in [0.717, 1.165) is 49.4 Å². The van der Waals surface area contributed by atoms with Gasteiger partial charge < -0.3 is 20.1 Å². The Balaban J connectivity index is 1.54. The number of aliphatic imine (C=N–C) groups is 1. The SMILES string of the molecule is CN=C(NCCCOCC1CCOC1)NCCc1nc(C(F)(F)F)cs1. The van der Waals surface area contributed by atoms with Gasteiger partial charge in [-0.05, 0) is 12.8 Å². The molecule has 1 aromatic rings. The van der Waals surface area contributed by atoms with Crippen LogP contribution in [0.1, 0.15) is 23.5 Å². The highest BCUT2D eigenvalue weighted by molar-refractivity contribution is 7.09. The number of thiazole rings is 1. The van der Waals surface area contributed by atoms with E-state index in [0.29, 0.717) is 43.0 Å². The summed E-state index contributed by atoms with van der Waals surface area (Å²) in [6, 6.07) is 0. The average molecular weight is 394 g/mol. The molecule has 0 amide bonds. The summed E-state index contributed by atoms with van der Waals surface area (Å²) in [5.74, 6) is 1.13. The van der Waals surface area contributed by atoms with Crippen molar-refractivity contribution in [2.75, 3.05) is 46.6 Å². The predicted molar refractivity (Wildman–Crippen MR) is 94.5 cm³/mol. The molecule has 0 spiro atoms. The number of nitrogens with zero attached hydrogens (tertiary/aromatic N) is 2. The lowest BCUT2D eigenvalue weighted by Crippen LogP contribution is -2.39. The van der Waals surface area contributed by atoms with E-state index in [-0.39, 0.29) is 0 Å². The predicted octanol–water partition coefficient (Wildman–Crippen LogP) is 2.31. The monoisotopic (exact) mass is 394 g/mol. The zero-order valence-electron chi connectivity index (χ0n) is 14.8. The van der Waals surface area contributed by atoms with Gasteiger partial charge in [0.05, 0.1) is 18.2 Å². The fourth-order valence-corrected chi connectivity index (χ4v) is 3.22. The first-order valence-corrected chi connectivity index (χ1v) is 9.48. The van der Waals surface area contributed by atoms with Gasteiger partial charge in [0.15, 0.2) is 11.7 Å². The summed E-state index contributed by atoms with van der Waals surface area (Å²) >= 11 is 1.02. The number of hydrogen-bond acceptors (Lipinski definition) is 5. The molecular formula is C16H25F3N4O2S. The van der Waals surface area contributed by atoms with Crippen LogP contribution in [0.5, 0.6) is 0 Å². The molecule has 6 nitrogen and oxygen atoms in total. The maximum Gasteiger partial charge on any atom is 0.434 e. The second-order valence-corrected chi connectivity index (χ2v) is 6.90. The quantitative estimate of drug-likeness (QED) is 0.382. The Morgan fingerprint density at radius 1 is 1.42 bits per heavy atom. The number of guanidine groups is 1. The largest absolute Gasteiger partial charge is 0.434 e. The Morgan fingerprint density at radius 2 is 2.23 bits per heavy atom. The van der Waals surface area contributed by atoms with Gasteiger partial charge >= 0.3 is 6.18 Å². The maximum absolute atomic E-state index is 12.5. The highest BCUT2D eigenvalue weighted by atomic mass is 32.1. The highest BCUT2D eigenvalue weighted by Gasteiger charge is 2.33. The number of nitrogens with one attached hydrogen (secondary N) is 2. The van der Waals surface area contributed by atoms with E-state index in [9.17, 15) is 13.2 Å². The summed E-state index contributed by atoms with van der Waals surface area (Å²) in [7, 11) is 1.65. The van der Waals surface area contributed by atoms with Crippen molar-refractivity contribution in [1.29, 1.82) is 0 Å². The van der Waals surface area contributed by atoms with Crippen molar-refractivity contribution in [3.8, 4) is 0 Å². The van der Waals surface area contributed by atoms with Crippen molar-refractivity contribution in [3.05, 3.63) is 16.1 Å². The maximum atomic E-state index is 12.5. The zero-order valence-corrected chi connectivity index (χ0v) is 15.6. The molecule has 2 heterocycles. The van der Waals surface area contributed by atoms with Crippen molar-refractivity contribution >= 4 is 17.3 Å². The van der Waals surface area contributed by atoms with Crippen LogP contribution in [-0.4, -0.2) is 57.5 Å². The minimum atomic E-state index is -4.38. The molecule has 1 aromatic heterocycles. The van der Waals surface area contributed by atoms with E-state index in [4.69, 9.17) is 9.47 Å². The number of alkyl halides is 3. The smallest absolute Gasteiger partial charge is 0.381 e. The summed E-state index contributed by atoms with van der Waals surface area (Å²) in [6.07, 6.45) is -2.06. The molecule has 1 aliphatic rings. The summed E-state index contributed by atoms with van der Waals surface area (Å²) in [4.78, 5) is 7.69. The molecule has 1 saturated heterocycles. The van der Waals surface area contributed by atoms with E-state index >= 15 is 0 Å². The van der Waals surface area contributed by atoms with Gasteiger partial charge in [0, 0.05) is 51.1 Å². The van der Waals surface area contributed by atoms with Crippen molar-refractivity contribution < 1.29 is 22.6 Å². The minimum Gasteiger partial charge on any atom is -0.381 e. The molecular weight excluding hydrogens is 369 g/mol. The molecule has 1 unspecified atom stereocenters. The number of hydrogen-bond donors (Lipinski definition) is 2. The molecule has 0 radical (unpaired) electrons. The summed E-state index contributed by atoms with van der Waals surface area (Å²) in [6.45, 7) is 4.19. The molecule has 2 rings (SSSR count). The van der Waals surface area contributed by atoms with Gasteiger partial charge in [-0.15, -0.1) is 11.3 Å². The molecule has 0 bridgehead atoms. The number of rotatable bonds is 9. The van der Waals surface area contributed by atoms with Crippen LogP contribution in [0, 0.1) is 5.92 Å². The Morgan fingerprint density at radius 3 is 2.88 bits per heavy atom. The topological polar surface area (TPSA) is 67.8 Å². The Labute approximate surface area is 155 Å². The molecule has 1 atom stereocenters. The first-order chi connectivity index (χ1) is 12.5. The second kappa shape index (κ2) is 10.7. The molecule has 148 valence electrons. The average Bonchev–Trinajstić information content (AvgIpc) is 3.27. The molecule has 1 aliphatic heterocycles. The van der Waals surface area contributed by atoms with Crippen LogP contribution < -0.4 is 10.6 Å². The zero-order chi connectivity index (χ0) is 18.8. The lowest BCUT2D eigenvalue weighted by Gasteiger charge is -2.12. The first-order valence-electron chi connectivity index (χ1n) is 8.60. The van der Waals surface area contributed by atoms with Crippen LogP contribution in [0.2, 0.25) is 0 Å². The summed E-state index contributed by atoms with van der Waals surface area (Å²) in [5.41, 5.74) is -0.829. The van der Waals surface area contributed by atoms with Crippen molar-refractivity contribution in [1.82, 2.24) is 15.6 Å². The number of aromatic nitrogens is 1. The van der Waals surface area contributed by atoms with Crippen LogP contribution >= 0.6 is 11.3 Å². The van der Waals surface area contributed by atoms with Gasteiger partial charge in [-0.25, -0.2) is 4.98 Å². The normalized spacial score (nSPS) is 18.3. The minimum absolute atomic E-state index is 0.411. The number of halogens is 3. The van der Waals surface area contributed by atoms with Crippen molar-refractivity contribution in [2.45, 2.75) is 25.4 Å². The Hall–Kier alpha value is -1.39. The van der Waals surface area contributed by atoms with Gasteiger partial charge in [-0.3, -0.25) is 4.99 Å².